The molecule has 2 N–H and O–H groups in total. The molecule has 0 radical (unpaired) electrons. The normalized spacial score (nSPS) is 22.9. The predicted octanol–water partition coefficient (Wildman–Crippen LogP) is 1.27. The minimum absolute atomic E-state index is 0.275. The van der Waals surface area contributed by atoms with Gasteiger partial charge in [-0.3, -0.25) is 9.97 Å². The van der Waals surface area contributed by atoms with E-state index in [9.17, 15) is 0 Å². The lowest BCUT2D eigenvalue weighted by molar-refractivity contribution is 0.370. The Morgan fingerprint density at radius 3 is 3.12 bits per heavy atom. The Bertz CT molecular complexity index is 295. The second-order valence-corrected chi connectivity index (χ2v) is 4.41. The first-order chi connectivity index (χ1) is 7.86. The van der Waals surface area contributed by atoms with Gasteiger partial charge in [0.25, 0.3) is 0 Å². The molecule has 1 aliphatic heterocycles. The van der Waals surface area contributed by atoms with Crippen molar-refractivity contribution in [3.63, 3.8) is 0 Å². The topological polar surface area (TPSA) is 49.8 Å². The molecule has 2 rings (SSSR count). The highest BCUT2D eigenvalue weighted by Gasteiger charge is 2.14. The summed E-state index contributed by atoms with van der Waals surface area (Å²) in [6, 6.07) is 0.894. The van der Waals surface area contributed by atoms with Crippen LogP contribution >= 0.6 is 0 Å². The van der Waals surface area contributed by atoms with Crippen LogP contribution in [-0.2, 0) is 0 Å². The third-order valence-electron chi connectivity index (χ3n) is 3.11. The van der Waals surface area contributed by atoms with Crippen LogP contribution in [0.25, 0.3) is 0 Å². The van der Waals surface area contributed by atoms with Gasteiger partial charge in [-0.1, -0.05) is 6.42 Å². The molecule has 0 saturated carbocycles. The van der Waals surface area contributed by atoms with Crippen LogP contribution in [0.1, 0.15) is 37.9 Å². The van der Waals surface area contributed by atoms with Crippen molar-refractivity contribution >= 4 is 0 Å². The van der Waals surface area contributed by atoms with Crippen molar-refractivity contribution in [2.75, 3.05) is 13.1 Å². The Morgan fingerprint density at radius 2 is 2.44 bits per heavy atom. The van der Waals surface area contributed by atoms with Crippen LogP contribution in [0.2, 0.25) is 0 Å². The summed E-state index contributed by atoms with van der Waals surface area (Å²) in [5, 5.41) is 7.03. The number of hydrogen-bond acceptors (Lipinski definition) is 4. The average molecular weight is 220 g/mol. The van der Waals surface area contributed by atoms with Crippen molar-refractivity contribution in [3.8, 4) is 0 Å². The van der Waals surface area contributed by atoms with Crippen molar-refractivity contribution < 1.29 is 0 Å². The molecule has 0 spiro atoms. The van der Waals surface area contributed by atoms with Gasteiger partial charge in [0, 0.05) is 37.2 Å². The van der Waals surface area contributed by atoms with Crippen LogP contribution in [0.3, 0.4) is 0 Å². The summed E-state index contributed by atoms with van der Waals surface area (Å²) in [5.74, 6) is 0. The zero-order valence-corrected chi connectivity index (χ0v) is 9.82. The molecule has 1 saturated heterocycles. The smallest absolute Gasteiger partial charge is 0.0753 e. The molecule has 0 amide bonds. The van der Waals surface area contributed by atoms with Crippen molar-refractivity contribution in [1.29, 1.82) is 0 Å². The predicted molar refractivity (Wildman–Crippen MR) is 64.1 cm³/mol. The fourth-order valence-electron chi connectivity index (χ4n) is 2.06. The van der Waals surface area contributed by atoms with Crippen molar-refractivity contribution in [3.05, 3.63) is 24.3 Å². The molecule has 1 aliphatic rings. The van der Waals surface area contributed by atoms with E-state index in [0.717, 1.165) is 18.8 Å². The second-order valence-electron chi connectivity index (χ2n) is 4.41. The molecule has 16 heavy (non-hydrogen) atoms. The van der Waals surface area contributed by atoms with Gasteiger partial charge >= 0.3 is 0 Å². The lowest BCUT2D eigenvalue weighted by atomic mass is 10.0. The monoisotopic (exact) mass is 220 g/mol. The van der Waals surface area contributed by atoms with Gasteiger partial charge in [-0.05, 0) is 26.3 Å². The summed E-state index contributed by atoms with van der Waals surface area (Å²) < 4.78 is 0. The Kier molecular flexibility index (Phi) is 4.25. The van der Waals surface area contributed by atoms with Crippen molar-refractivity contribution in [1.82, 2.24) is 20.6 Å². The summed E-state index contributed by atoms with van der Waals surface area (Å²) >= 11 is 0. The maximum atomic E-state index is 4.30. The standard InChI is InChI=1S/C12H20N4/c1-10(12-9-13-6-7-15-12)16-8-11-4-2-3-5-14-11/h6-7,9-11,14,16H,2-5,8H2,1H3/t10-,11+/m1/s1. The van der Waals surface area contributed by atoms with Crippen LogP contribution in [0.4, 0.5) is 0 Å². The molecular formula is C12H20N4. The maximum Gasteiger partial charge on any atom is 0.0753 e. The van der Waals surface area contributed by atoms with Crippen LogP contribution in [-0.4, -0.2) is 29.1 Å². The minimum atomic E-state index is 0.275. The first kappa shape index (κ1) is 11.5. The van der Waals surface area contributed by atoms with E-state index in [2.05, 4.69) is 27.5 Å². The number of piperidine rings is 1. The summed E-state index contributed by atoms with van der Waals surface area (Å²) in [6.45, 7) is 4.30. The van der Waals surface area contributed by atoms with Gasteiger partial charge in [0.05, 0.1) is 5.69 Å². The van der Waals surface area contributed by atoms with Gasteiger partial charge in [0.15, 0.2) is 0 Å². The van der Waals surface area contributed by atoms with E-state index in [1.54, 1.807) is 12.4 Å². The van der Waals surface area contributed by atoms with Crippen molar-refractivity contribution in [2.45, 2.75) is 38.3 Å². The van der Waals surface area contributed by atoms with E-state index < -0.39 is 0 Å². The molecule has 1 fully saturated rings. The molecule has 4 heteroatoms. The van der Waals surface area contributed by atoms with Gasteiger partial charge in [-0.25, -0.2) is 0 Å². The number of nitrogens with zero attached hydrogens (tertiary/aromatic N) is 2. The van der Waals surface area contributed by atoms with E-state index in [4.69, 9.17) is 0 Å². The summed E-state index contributed by atoms with van der Waals surface area (Å²) in [4.78, 5) is 8.38. The molecule has 88 valence electrons. The zero-order chi connectivity index (χ0) is 11.2. The fraction of sp³-hybridized carbons (Fsp3) is 0.667. The van der Waals surface area contributed by atoms with Gasteiger partial charge < -0.3 is 10.6 Å². The molecule has 1 aromatic rings. The largest absolute Gasteiger partial charge is 0.313 e. The average Bonchev–Trinajstić information content (AvgIpc) is 2.38. The van der Waals surface area contributed by atoms with Gasteiger partial charge in [0.2, 0.25) is 0 Å². The second kappa shape index (κ2) is 5.92. The van der Waals surface area contributed by atoms with Crippen LogP contribution in [0.15, 0.2) is 18.6 Å². The van der Waals surface area contributed by atoms with E-state index in [1.807, 2.05) is 6.20 Å². The Morgan fingerprint density at radius 1 is 1.50 bits per heavy atom. The Hall–Kier alpha value is -1.00. The first-order valence-corrected chi connectivity index (χ1v) is 6.09. The quantitative estimate of drug-likeness (QED) is 0.802. The van der Waals surface area contributed by atoms with Gasteiger partial charge in [0.1, 0.15) is 0 Å². The minimum Gasteiger partial charge on any atom is -0.313 e. The lowest BCUT2D eigenvalue weighted by Crippen LogP contribution is -2.42. The van der Waals surface area contributed by atoms with E-state index in [-0.39, 0.29) is 6.04 Å². The molecule has 0 aromatic carbocycles. The van der Waals surface area contributed by atoms with Crippen LogP contribution < -0.4 is 10.6 Å². The van der Waals surface area contributed by atoms with Crippen molar-refractivity contribution in [2.24, 2.45) is 0 Å². The Labute approximate surface area is 96.9 Å². The molecule has 0 bridgehead atoms. The third kappa shape index (κ3) is 3.25. The highest BCUT2D eigenvalue weighted by molar-refractivity contribution is 5.00. The lowest BCUT2D eigenvalue weighted by Gasteiger charge is -2.25. The molecule has 4 nitrogen and oxygen atoms in total. The highest BCUT2D eigenvalue weighted by atomic mass is 15.0. The van der Waals surface area contributed by atoms with E-state index in [1.165, 1.54) is 19.3 Å². The molecule has 2 heterocycles. The first-order valence-electron chi connectivity index (χ1n) is 6.09. The van der Waals surface area contributed by atoms with E-state index in [0.29, 0.717) is 6.04 Å². The fourth-order valence-corrected chi connectivity index (χ4v) is 2.06. The van der Waals surface area contributed by atoms with Gasteiger partial charge in [-0.15, -0.1) is 0 Å². The summed E-state index contributed by atoms with van der Waals surface area (Å²) in [5.41, 5.74) is 1.01. The summed E-state index contributed by atoms with van der Waals surface area (Å²) in [6.07, 6.45) is 9.21. The summed E-state index contributed by atoms with van der Waals surface area (Å²) in [7, 11) is 0. The SMILES string of the molecule is C[C@@H](NC[C@@H]1CCCCN1)c1cnccn1. The molecule has 1 aromatic heterocycles. The van der Waals surface area contributed by atoms with Gasteiger partial charge in [-0.2, -0.15) is 0 Å². The Balaban J connectivity index is 1.77. The molecule has 0 aliphatic carbocycles. The van der Waals surface area contributed by atoms with Crippen LogP contribution in [0, 0.1) is 0 Å². The third-order valence-corrected chi connectivity index (χ3v) is 3.11. The number of rotatable bonds is 4. The molecule has 2 atom stereocenters. The van der Waals surface area contributed by atoms with E-state index >= 15 is 0 Å². The number of hydrogen-bond donors (Lipinski definition) is 2. The molecular weight excluding hydrogens is 200 g/mol. The number of nitrogens with one attached hydrogen (secondary N) is 2. The number of aromatic nitrogens is 2. The zero-order valence-electron chi connectivity index (χ0n) is 9.82. The highest BCUT2D eigenvalue weighted by Crippen LogP contribution is 2.09. The van der Waals surface area contributed by atoms with Crippen LogP contribution in [0.5, 0.6) is 0 Å². The maximum absolute atomic E-state index is 4.30. The molecule has 0 unspecified atom stereocenters.